The van der Waals surface area contributed by atoms with Gasteiger partial charge >= 0.3 is 6.09 Å². The van der Waals surface area contributed by atoms with Crippen molar-refractivity contribution in [3.63, 3.8) is 0 Å². The molecule has 1 heterocycles. The number of anilines is 1. The molecule has 1 aliphatic rings. The average Bonchev–Trinajstić information content (AvgIpc) is 2.67. The van der Waals surface area contributed by atoms with Crippen molar-refractivity contribution in [1.82, 2.24) is 9.80 Å². The van der Waals surface area contributed by atoms with Gasteiger partial charge in [0, 0.05) is 44.5 Å². The molecule has 0 radical (unpaired) electrons. The van der Waals surface area contributed by atoms with Gasteiger partial charge < -0.3 is 30.2 Å². The number of ether oxygens (including phenoxy) is 3. The van der Waals surface area contributed by atoms with Crippen LogP contribution in [0.25, 0.3) is 0 Å². The Hall–Kier alpha value is -1.95. The van der Waals surface area contributed by atoms with E-state index in [-0.39, 0.29) is 30.1 Å². The van der Waals surface area contributed by atoms with Gasteiger partial charge in [0.15, 0.2) is 17.5 Å². The van der Waals surface area contributed by atoms with Gasteiger partial charge in [-0.15, -0.1) is 24.0 Å². The smallest absolute Gasteiger partial charge is 0.410 e. The van der Waals surface area contributed by atoms with E-state index in [0.29, 0.717) is 37.1 Å². The number of carbonyl (C=O) groups excluding carboxylic acids is 1. The van der Waals surface area contributed by atoms with Crippen LogP contribution in [-0.4, -0.2) is 80.9 Å². The van der Waals surface area contributed by atoms with E-state index in [1.807, 2.05) is 26.8 Å². The van der Waals surface area contributed by atoms with Gasteiger partial charge in [0.05, 0.1) is 20.8 Å². The third-order valence-corrected chi connectivity index (χ3v) is 4.38. The molecule has 0 aromatic heterocycles. The molecule has 1 saturated heterocycles. The lowest BCUT2D eigenvalue weighted by molar-refractivity contribution is 0.0148. The van der Waals surface area contributed by atoms with Gasteiger partial charge in [-0.3, -0.25) is 9.89 Å². The van der Waals surface area contributed by atoms with Crippen LogP contribution in [0.15, 0.2) is 23.2 Å². The Bertz CT molecular complexity index is 716. The first-order valence-corrected chi connectivity index (χ1v) is 9.71. The lowest BCUT2D eigenvalue weighted by Crippen LogP contribution is -2.50. The van der Waals surface area contributed by atoms with Crippen molar-refractivity contribution < 1.29 is 19.0 Å². The number of rotatable bonds is 6. The van der Waals surface area contributed by atoms with Crippen LogP contribution in [0.2, 0.25) is 0 Å². The fourth-order valence-corrected chi connectivity index (χ4v) is 2.89. The first-order chi connectivity index (χ1) is 13.7. The topological polar surface area (TPSA) is 102 Å². The zero-order valence-electron chi connectivity index (χ0n) is 18.4. The van der Waals surface area contributed by atoms with E-state index in [9.17, 15) is 4.79 Å². The summed E-state index contributed by atoms with van der Waals surface area (Å²) >= 11 is 0. The number of hydrogen-bond donors (Lipinski definition) is 2. The van der Waals surface area contributed by atoms with E-state index in [1.165, 1.54) is 0 Å². The number of hydrogen-bond acceptors (Lipinski definition) is 6. The molecule has 9 nitrogen and oxygen atoms in total. The first kappa shape index (κ1) is 26.1. The summed E-state index contributed by atoms with van der Waals surface area (Å²) in [6.07, 6.45) is -0.251. The normalized spacial score (nSPS) is 15.2. The number of amides is 1. The minimum Gasteiger partial charge on any atom is -0.493 e. The van der Waals surface area contributed by atoms with Gasteiger partial charge in [-0.1, -0.05) is 0 Å². The van der Waals surface area contributed by atoms with Crippen molar-refractivity contribution >= 4 is 41.7 Å². The Morgan fingerprint density at radius 1 is 1.13 bits per heavy atom. The molecule has 3 N–H and O–H groups in total. The van der Waals surface area contributed by atoms with E-state index in [0.717, 1.165) is 25.3 Å². The number of benzene rings is 1. The Morgan fingerprint density at radius 2 is 1.77 bits per heavy atom. The number of nitrogens with two attached hydrogens (primary N) is 1. The lowest BCUT2D eigenvalue weighted by Gasteiger charge is -2.35. The summed E-state index contributed by atoms with van der Waals surface area (Å²) in [6, 6.07) is 5.45. The maximum absolute atomic E-state index is 12.1. The summed E-state index contributed by atoms with van der Waals surface area (Å²) in [5.41, 5.74) is 6.28. The predicted molar refractivity (Wildman–Crippen MR) is 129 cm³/mol. The van der Waals surface area contributed by atoms with Crippen molar-refractivity contribution in [3.8, 4) is 11.5 Å². The molecule has 170 valence electrons. The molecule has 0 bridgehead atoms. The van der Waals surface area contributed by atoms with Crippen LogP contribution in [0.5, 0.6) is 11.5 Å². The first-order valence-electron chi connectivity index (χ1n) is 9.71. The minimum absolute atomic E-state index is 0. The van der Waals surface area contributed by atoms with Crippen LogP contribution in [0.1, 0.15) is 20.8 Å². The highest BCUT2D eigenvalue weighted by Gasteiger charge is 2.25. The number of guanidine groups is 1. The van der Waals surface area contributed by atoms with E-state index in [2.05, 4.69) is 15.2 Å². The molecular formula is C20H34IN5O4. The third kappa shape index (κ3) is 8.42. The molecule has 0 spiro atoms. The third-order valence-electron chi connectivity index (χ3n) is 4.38. The highest BCUT2D eigenvalue weighted by molar-refractivity contribution is 14.0. The molecule has 1 aromatic rings. The van der Waals surface area contributed by atoms with Gasteiger partial charge in [0.2, 0.25) is 0 Å². The molecule has 1 fully saturated rings. The number of carbonyl (C=O) groups is 1. The minimum atomic E-state index is -0.471. The molecule has 1 amide bonds. The summed E-state index contributed by atoms with van der Waals surface area (Å²) in [4.78, 5) is 20.5. The molecule has 0 atom stereocenters. The van der Waals surface area contributed by atoms with Crippen molar-refractivity contribution in [2.75, 3.05) is 58.8 Å². The van der Waals surface area contributed by atoms with Crippen molar-refractivity contribution in [2.45, 2.75) is 26.4 Å². The molecule has 1 aliphatic heterocycles. The largest absolute Gasteiger partial charge is 0.493 e. The summed E-state index contributed by atoms with van der Waals surface area (Å²) in [7, 11) is 3.18. The number of halogens is 1. The Kier molecular flexibility index (Phi) is 10.5. The summed E-state index contributed by atoms with van der Waals surface area (Å²) < 4.78 is 15.9. The molecule has 2 rings (SSSR count). The summed E-state index contributed by atoms with van der Waals surface area (Å²) in [5.74, 6) is 1.61. The van der Waals surface area contributed by atoms with E-state index in [4.69, 9.17) is 19.9 Å². The van der Waals surface area contributed by atoms with Crippen LogP contribution < -0.4 is 20.5 Å². The van der Waals surface area contributed by atoms with Gasteiger partial charge in [-0.05, 0) is 32.9 Å². The summed E-state index contributed by atoms with van der Waals surface area (Å²) in [6.45, 7) is 9.85. The number of nitrogens with zero attached hydrogens (tertiary/aromatic N) is 3. The van der Waals surface area contributed by atoms with Crippen molar-refractivity contribution in [1.29, 1.82) is 0 Å². The number of nitrogens with one attached hydrogen (secondary N) is 1. The highest BCUT2D eigenvalue weighted by Crippen LogP contribution is 2.29. The Morgan fingerprint density at radius 3 is 2.33 bits per heavy atom. The number of piperazine rings is 1. The molecule has 0 aliphatic carbocycles. The Balaban J connectivity index is 0.00000450. The Labute approximate surface area is 195 Å². The quantitative estimate of drug-likeness (QED) is 0.328. The molecular weight excluding hydrogens is 501 g/mol. The van der Waals surface area contributed by atoms with Crippen molar-refractivity contribution in [3.05, 3.63) is 18.2 Å². The fraction of sp³-hybridized carbons (Fsp3) is 0.600. The van der Waals surface area contributed by atoms with E-state index < -0.39 is 5.60 Å². The van der Waals surface area contributed by atoms with Gasteiger partial charge in [-0.2, -0.15) is 0 Å². The standard InChI is InChI=1S/C20H33N5O4.HI/c1-20(2,3)29-19(26)25-12-10-24(11-13-25)9-8-22-18(21)23-15-6-7-16(27-4)17(14-15)28-5;/h6-7,14H,8-13H2,1-5H3,(H3,21,22,23);1H. The van der Waals surface area contributed by atoms with E-state index >= 15 is 0 Å². The number of aliphatic imine (C=N–C) groups is 1. The molecule has 1 aromatic carbocycles. The van der Waals surface area contributed by atoms with Crippen LogP contribution in [0, 0.1) is 0 Å². The molecule has 0 unspecified atom stereocenters. The van der Waals surface area contributed by atoms with Crippen molar-refractivity contribution in [2.24, 2.45) is 10.7 Å². The zero-order valence-corrected chi connectivity index (χ0v) is 20.8. The average molecular weight is 535 g/mol. The second-order valence-electron chi connectivity index (χ2n) is 7.77. The second kappa shape index (κ2) is 12.0. The van der Waals surface area contributed by atoms with E-state index in [1.54, 1.807) is 31.3 Å². The van der Waals surface area contributed by atoms with Gasteiger partial charge in [-0.25, -0.2) is 4.79 Å². The maximum Gasteiger partial charge on any atom is 0.410 e. The van der Waals surface area contributed by atoms with Crippen LogP contribution in [0.4, 0.5) is 10.5 Å². The van der Waals surface area contributed by atoms with Gasteiger partial charge in [0.1, 0.15) is 5.60 Å². The maximum atomic E-state index is 12.1. The predicted octanol–water partition coefficient (Wildman–Crippen LogP) is 2.60. The van der Waals surface area contributed by atoms with Crippen LogP contribution in [0.3, 0.4) is 0 Å². The second-order valence-corrected chi connectivity index (χ2v) is 7.77. The zero-order chi connectivity index (χ0) is 21.4. The van der Waals surface area contributed by atoms with Crippen LogP contribution >= 0.6 is 24.0 Å². The molecule has 10 heteroatoms. The van der Waals surface area contributed by atoms with Crippen LogP contribution in [-0.2, 0) is 4.74 Å². The lowest BCUT2D eigenvalue weighted by atomic mass is 10.2. The van der Waals surface area contributed by atoms with Gasteiger partial charge in [0.25, 0.3) is 0 Å². The number of methoxy groups -OCH3 is 2. The SMILES string of the molecule is COc1ccc(NC(N)=NCCN2CCN(C(=O)OC(C)(C)C)CC2)cc1OC.I. The fourth-order valence-electron chi connectivity index (χ4n) is 2.89. The highest BCUT2D eigenvalue weighted by atomic mass is 127. The molecule has 0 saturated carbocycles. The summed E-state index contributed by atoms with van der Waals surface area (Å²) in [5, 5.41) is 3.05. The molecule has 30 heavy (non-hydrogen) atoms. The monoisotopic (exact) mass is 535 g/mol.